The van der Waals surface area contributed by atoms with Gasteiger partial charge in [0.05, 0.1) is 19.0 Å². The van der Waals surface area contributed by atoms with Crippen LogP contribution in [0.15, 0.2) is 6.20 Å². The zero-order valence-electron chi connectivity index (χ0n) is 5.83. The molecule has 0 fully saturated rings. The van der Waals surface area contributed by atoms with Gasteiger partial charge in [0, 0.05) is 0 Å². The van der Waals surface area contributed by atoms with E-state index in [0.29, 0.717) is 5.69 Å². The number of aromatic hydroxyl groups is 1. The number of ether oxygens (including phenoxy) is 1. The summed E-state index contributed by atoms with van der Waals surface area (Å²) in [6, 6.07) is 0.273. The van der Waals surface area contributed by atoms with E-state index in [9.17, 15) is 0 Å². The first-order chi connectivity index (χ1) is 4.74. The van der Waals surface area contributed by atoms with E-state index in [4.69, 9.17) is 9.84 Å². The first kappa shape index (κ1) is 6.80. The molecule has 0 atom stereocenters. The van der Waals surface area contributed by atoms with Gasteiger partial charge in [0.25, 0.3) is 0 Å². The van der Waals surface area contributed by atoms with Gasteiger partial charge in [0.1, 0.15) is 0 Å². The highest BCUT2D eigenvalue weighted by Gasteiger charge is 1.98. The maximum absolute atomic E-state index is 8.96. The Morgan fingerprint density at radius 1 is 1.60 bits per heavy atom. The van der Waals surface area contributed by atoms with Crippen molar-refractivity contribution < 1.29 is 9.84 Å². The van der Waals surface area contributed by atoms with Gasteiger partial charge in [-0.05, 0) is 6.92 Å². The summed E-state index contributed by atoms with van der Waals surface area (Å²) in [5.74, 6) is 0.0841. The van der Waals surface area contributed by atoms with Crippen LogP contribution >= 0.6 is 0 Å². The van der Waals surface area contributed by atoms with Crippen molar-refractivity contribution in [2.24, 2.45) is 0 Å². The third-order valence-electron chi connectivity index (χ3n) is 1.11. The fraction of sp³-hybridized carbons (Fsp3) is 0.333. The Morgan fingerprint density at radius 3 is 2.80 bits per heavy atom. The minimum Gasteiger partial charge on any atom is -0.504 e. The largest absolute Gasteiger partial charge is 0.504 e. The molecule has 0 aromatic carbocycles. The Balaban J connectivity index is 3.04. The molecule has 0 saturated carbocycles. The summed E-state index contributed by atoms with van der Waals surface area (Å²) < 4.78 is 4.72. The predicted octanol–water partition coefficient (Wildman–Crippen LogP) is 0.499. The fourth-order valence-electron chi connectivity index (χ4n) is 0.538. The highest BCUT2D eigenvalue weighted by Crippen LogP contribution is 2.12. The number of rotatable bonds is 1. The normalized spacial score (nSPS) is 9.40. The second kappa shape index (κ2) is 2.51. The van der Waals surface area contributed by atoms with E-state index in [2.05, 4.69) is 9.97 Å². The maximum Gasteiger partial charge on any atom is 0.316 e. The van der Waals surface area contributed by atoms with Crippen LogP contribution in [0, 0.1) is 6.92 Å². The molecular formula is C6H8N2O2. The van der Waals surface area contributed by atoms with Gasteiger partial charge in [0.2, 0.25) is 0 Å². The molecule has 0 aliphatic rings. The molecule has 0 aliphatic heterocycles. The number of hydrogen-bond donors (Lipinski definition) is 1. The second-order valence-corrected chi connectivity index (χ2v) is 1.83. The van der Waals surface area contributed by atoms with Crippen molar-refractivity contribution in [1.82, 2.24) is 9.97 Å². The van der Waals surface area contributed by atoms with Gasteiger partial charge < -0.3 is 9.84 Å². The molecule has 0 amide bonds. The van der Waals surface area contributed by atoms with Gasteiger partial charge in [0.15, 0.2) is 5.75 Å². The van der Waals surface area contributed by atoms with E-state index in [0.717, 1.165) is 0 Å². The van der Waals surface area contributed by atoms with Crippen molar-refractivity contribution in [2.45, 2.75) is 6.92 Å². The number of nitrogens with zero attached hydrogens (tertiary/aromatic N) is 2. The Hall–Kier alpha value is -1.32. The van der Waals surface area contributed by atoms with Gasteiger partial charge in [-0.2, -0.15) is 9.97 Å². The van der Waals surface area contributed by atoms with Crippen LogP contribution in [-0.4, -0.2) is 22.2 Å². The van der Waals surface area contributed by atoms with E-state index < -0.39 is 0 Å². The van der Waals surface area contributed by atoms with Crippen LogP contribution in [0.1, 0.15) is 5.69 Å². The van der Waals surface area contributed by atoms with Crippen molar-refractivity contribution in [3.63, 3.8) is 0 Å². The summed E-state index contributed by atoms with van der Waals surface area (Å²) in [6.45, 7) is 1.68. The lowest BCUT2D eigenvalue weighted by molar-refractivity contribution is 0.372. The van der Waals surface area contributed by atoms with Gasteiger partial charge in [-0.1, -0.05) is 0 Å². The monoisotopic (exact) mass is 140 g/mol. The quantitative estimate of drug-likeness (QED) is 0.617. The highest BCUT2D eigenvalue weighted by atomic mass is 16.5. The summed E-state index contributed by atoms with van der Waals surface area (Å²) in [4.78, 5) is 7.48. The molecule has 1 aromatic heterocycles. The van der Waals surface area contributed by atoms with Crippen molar-refractivity contribution in [3.05, 3.63) is 11.9 Å². The lowest BCUT2D eigenvalue weighted by Crippen LogP contribution is -1.92. The smallest absolute Gasteiger partial charge is 0.316 e. The van der Waals surface area contributed by atoms with Crippen LogP contribution in [0.2, 0.25) is 0 Å². The first-order valence-corrected chi connectivity index (χ1v) is 2.80. The zero-order valence-corrected chi connectivity index (χ0v) is 5.83. The summed E-state index contributed by atoms with van der Waals surface area (Å²) >= 11 is 0. The minimum atomic E-state index is 0.0841. The molecule has 1 rings (SSSR count). The SMILES string of the molecule is COc1ncc(O)c(C)n1. The van der Waals surface area contributed by atoms with E-state index in [-0.39, 0.29) is 11.8 Å². The van der Waals surface area contributed by atoms with E-state index >= 15 is 0 Å². The molecule has 1 N–H and O–H groups in total. The van der Waals surface area contributed by atoms with E-state index in [1.807, 2.05) is 0 Å². The number of aryl methyl sites for hydroxylation is 1. The van der Waals surface area contributed by atoms with Crippen LogP contribution in [0.3, 0.4) is 0 Å². The summed E-state index contributed by atoms with van der Waals surface area (Å²) in [7, 11) is 1.48. The Bertz CT molecular complexity index is 237. The van der Waals surface area contributed by atoms with Crippen LogP contribution in [0.4, 0.5) is 0 Å². The molecule has 0 radical (unpaired) electrons. The third kappa shape index (κ3) is 1.15. The molecule has 0 aliphatic carbocycles. The van der Waals surface area contributed by atoms with Crippen molar-refractivity contribution in [3.8, 4) is 11.8 Å². The van der Waals surface area contributed by atoms with Gasteiger partial charge in [-0.3, -0.25) is 0 Å². The van der Waals surface area contributed by atoms with Crippen molar-refractivity contribution in [2.75, 3.05) is 7.11 Å². The lowest BCUT2D eigenvalue weighted by atomic mass is 10.4. The van der Waals surface area contributed by atoms with Gasteiger partial charge in [-0.25, -0.2) is 0 Å². The lowest BCUT2D eigenvalue weighted by Gasteiger charge is -1.98. The van der Waals surface area contributed by atoms with Gasteiger partial charge >= 0.3 is 6.01 Å². The first-order valence-electron chi connectivity index (χ1n) is 2.80. The van der Waals surface area contributed by atoms with Gasteiger partial charge in [-0.15, -0.1) is 0 Å². The number of hydrogen-bond acceptors (Lipinski definition) is 4. The maximum atomic E-state index is 8.96. The van der Waals surface area contributed by atoms with Crippen LogP contribution in [0.25, 0.3) is 0 Å². The molecule has 4 nitrogen and oxygen atoms in total. The number of methoxy groups -OCH3 is 1. The summed E-state index contributed by atoms with van der Waals surface area (Å²) in [5.41, 5.74) is 0.520. The van der Waals surface area contributed by atoms with Crippen molar-refractivity contribution in [1.29, 1.82) is 0 Å². The molecule has 0 spiro atoms. The average Bonchev–Trinajstić information content (AvgIpc) is 1.95. The molecule has 10 heavy (non-hydrogen) atoms. The number of aromatic nitrogens is 2. The minimum absolute atomic E-state index is 0.0841. The Labute approximate surface area is 58.5 Å². The third-order valence-corrected chi connectivity index (χ3v) is 1.11. The summed E-state index contributed by atoms with van der Waals surface area (Å²) in [5, 5.41) is 8.96. The molecule has 0 saturated heterocycles. The molecule has 4 heteroatoms. The predicted molar refractivity (Wildman–Crippen MR) is 35.0 cm³/mol. The molecule has 54 valence electrons. The molecule has 1 aromatic rings. The molecule has 1 heterocycles. The van der Waals surface area contributed by atoms with Crippen LogP contribution < -0.4 is 4.74 Å². The Morgan fingerprint density at radius 2 is 2.30 bits per heavy atom. The van der Waals surface area contributed by atoms with Crippen LogP contribution in [-0.2, 0) is 0 Å². The second-order valence-electron chi connectivity index (χ2n) is 1.83. The van der Waals surface area contributed by atoms with E-state index in [1.165, 1.54) is 13.3 Å². The zero-order chi connectivity index (χ0) is 7.56. The Kier molecular flexibility index (Phi) is 1.71. The molecular weight excluding hydrogens is 132 g/mol. The molecule has 0 bridgehead atoms. The van der Waals surface area contributed by atoms with Crippen molar-refractivity contribution >= 4 is 0 Å². The standard InChI is InChI=1S/C6H8N2O2/c1-4-5(9)3-7-6(8-4)10-2/h3,9H,1-2H3. The van der Waals surface area contributed by atoms with E-state index in [1.54, 1.807) is 6.92 Å². The molecule has 0 unspecified atom stereocenters. The summed E-state index contributed by atoms with van der Waals surface area (Å²) in [6.07, 6.45) is 1.31. The average molecular weight is 140 g/mol. The van der Waals surface area contributed by atoms with Crippen LogP contribution in [0.5, 0.6) is 11.8 Å². The topological polar surface area (TPSA) is 55.2 Å². The fourth-order valence-corrected chi connectivity index (χ4v) is 0.538. The highest BCUT2D eigenvalue weighted by molar-refractivity contribution is 5.22.